The van der Waals surface area contributed by atoms with Crippen molar-refractivity contribution in [2.75, 3.05) is 7.11 Å². The Bertz CT molecular complexity index is 770. The lowest BCUT2D eigenvalue weighted by Crippen LogP contribution is -2.13. The molecule has 1 aromatic carbocycles. The van der Waals surface area contributed by atoms with Gasteiger partial charge in [-0.05, 0) is 18.2 Å². The minimum Gasteiger partial charge on any atom is -0.468 e. The van der Waals surface area contributed by atoms with Crippen LogP contribution in [0.5, 0.6) is 0 Å². The fraction of sp³-hybridized carbons (Fsp3) is 0.200. The number of rotatable bonds is 3. The molecule has 0 aliphatic heterocycles. The van der Waals surface area contributed by atoms with Crippen molar-refractivity contribution < 1.29 is 9.53 Å². The molecular formula is C15H15N3O2. The van der Waals surface area contributed by atoms with E-state index in [4.69, 9.17) is 4.74 Å². The van der Waals surface area contributed by atoms with Crippen LogP contribution in [0.3, 0.4) is 0 Å². The molecular weight excluding hydrogens is 254 g/mol. The molecule has 0 amide bonds. The third-order valence-electron chi connectivity index (χ3n) is 3.41. The fourth-order valence-electron chi connectivity index (χ4n) is 2.41. The molecule has 2 aromatic heterocycles. The highest BCUT2D eigenvalue weighted by Crippen LogP contribution is 2.27. The predicted octanol–water partition coefficient (Wildman–Crippen LogP) is 2.21. The van der Waals surface area contributed by atoms with Gasteiger partial charge >= 0.3 is 5.97 Å². The van der Waals surface area contributed by atoms with Gasteiger partial charge in [-0.3, -0.25) is 9.48 Å². The summed E-state index contributed by atoms with van der Waals surface area (Å²) in [6.07, 6.45) is 1.75. The number of carbonyl (C=O) groups excluding carboxylic acids is 1. The predicted molar refractivity (Wildman–Crippen MR) is 76.2 cm³/mol. The van der Waals surface area contributed by atoms with Gasteiger partial charge in [-0.1, -0.05) is 18.2 Å². The van der Waals surface area contributed by atoms with Crippen LogP contribution in [-0.2, 0) is 23.1 Å². The molecule has 0 saturated carbocycles. The van der Waals surface area contributed by atoms with Crippen molar-refractivity contribution in [2.45, 2.75) is 6.54 Å². The minimum absolute atomic E-state index is 0.185. The van der Waals surface area contributed by atoms with Gasteiger partial charge in [0.25, 0.3) is 0 Å². The number of aromatic nitrogens is 3. The van der Waals surface area contributed by atoms with Gasteiger partial charge in [0, 0.05) is 24.1 Å². The van der Waals surface area contributed by atoms with Crippen molar-refractivity contribution in [3.8, 4) is 11.4 Å². The van der Waals surface area contributed by atoms with Crippen molar-refractivity contribution >= 4 is 16.9 Å². The van der Waals surface area contributed by atoms with Gasteiger partial charge in [-0.2, -0.15) is 5.10 Å². The molecule has 20 heavy (non-hydrogen) atoms. The second-order valence-electron chi connectivity index (χ2n) is 4.59. The third kappa shape index (κ3) is 1.97. The third-order valence-corrected chi connectivity index (χ3v) is 3.41. The van der Waals surface area contributed by atoms with Crippen molar-refractivity contribution in [1.29, 1.82) is 0 Å². The maximum absolute atomic E-state index is 11.7. The van der Waals surface area contributed by atoms with Gasteiger partial charge in [0.05, 0.1) is 18.5 Å². The average Bonchev–Trinajstić information content (AvgIpc) is 3.03. The second kappa shape index (κ2) is 4.85. The highest BCUT2D eigenvalue weighted by atomic mass is 16.5. The molecule has 0 fully saturated rings. The molecule has 0 bridgehead atoms. The molecule has 5 heteroatoms. The summed E-state index contributed by atoms with van der Waals surface area (Å²) >= 11 is 0. The number of hydrogen-bond donors (Lipinski definition) is 0. The normalized spacial score (nSPS) is 10.9. The highest BCUT2D eigenvalue weighted by molar-refractivity contribution is 5.88. The Morgan fingerprint density at radius 2 is 2.05 bits per heavy atom. The first kappa shape index (κ1) is 12.5. The Balaban J connectivity index is 2.22. The summed E-state index contributed by atoms with van der Waals surface area (Å²) in [6.45, 7) is 0.185. The van der Waals surface area contributed by atoms with E-state index in [1.807, 2.05) is 41.9 Å². The van der Waals surface area contributed by atoms with Crippen LogP contribution in [0.25, 0.3) is 22.3 Å². The Labute approximate surface area is 116 Å². The first-order chi connectivity index (χ1) is 9.70. The number of aryl methyl sites for hydroxylation is 1. The lowest BCUT2D eigenvalue weighted by molar-refractivity contribution is -0.141. The molecule has 0 unspecified atom stereocenters. The van der Waals surface area contributed by atoms with E-state index in [1.165, 1.54) is 7.11 Å². The van der Waals surface area contributed by atoms with Gasteiger partial charge < -0.3 is 9.30 Å². The van der Waals surface area contributed by atoms with Crippen LogP contribution in [0.4, 0.5) is 0 Å². The summed E-state index contributed by atoms with van der Waals surface area (Å²) in [5, 5.41) is 5.28. The van der Waals surface area contributed by atoms with Crippen molar-refractivity contribution in [2.24, 2.45) is 7.05 Å². The van der Waals surface area contributed by atoms with E-state index in [0.29, 0.717) is 0 Å². The number of esters is 1. The first-order valence-electron chi connectivity index (χ1n) is 6.34. The first-order valence-corrected chi connectivity index (χ1v) is 6.34. The Hall–Kier alpha value is -2.56. The molecule has 0 N–H and O–H groups in total. The lowest BCUT2D eigenvalue weighted by Gasteiger charge is -2.09. The zero-order valence-electron chi connectivity index (χ0n) is 11.4. The van der Waals surface area contributed by atoms with Crippen molar-refractivity contribution in [3.63, 3.8) is 0 Å². The quantitative estimate of drug-likeness (QED) is 0.685. The minimum atomic E-state index is -0.269. The van der Waals surface area contributed by atoms with Crippen LogP contribution in [0.2, 0.25) is 0 Å². The topological polar surface area (TPSA) is 49.1 Å². The van der Waals surface area contributed by atoms with Crippen LogP contribution in [0.1, 0.15) is 0 Å². The molecule has 5 nitrogen and oxygen atoms in total. The number of nitrogens with zero attached hydrogens (tertiary/aromatic N) is 3. The molecule has 0 saturated heterocycles. The number of hydrogen-bond acceptors (Lipinski definition) is 3. The average molecular weight is 269 g/mol. The maximum atomic E-state index is 11.7. The van der Waals surface area contributed by atoms with Crippen LogP contribution in [0.15, 0.2) is 42.6 Å². The summed E-state index contributed by atoms with van der Waals surface area (Å²) in [7, 11) is 3.28. The lowest BCUT2D eigenvalue weighted by atomic mass is 10.2. The Morgan fingerprint density at radius 1 is 1.25 bits per heavy atom. The van der Waals surface area contributed by atoms with Crippen molar-refractivity contribution in [3.05, 3.63) is 42.6 Å². The zero-order chi connectivity index (χ0) is 14.1. The number of benzene rings is 1. The molecule has 0 aliphatic rings. The van der Waals surface area contributed by atoms with Crippen LogP contribution in [0, 0.1) is 0 Å². The molecule has 0 radical (unpaired) electrons. The molecule has 0 atom stereocenters. The summed E-state index contributed by atoms with van der Waals surface area (Å²) in [5.74, 6) is -0.269. The molecule has 3 aromatic rings. The number of methoxy groups -OCH3 is 1. The molecule has 102 valence electrons. The van der Waals surface area contributed by atoms with Crippen LogP contribution >= 0.6 is 0 Å². The number of carbonyl (C=O) groups is 1. The standard InChI is InChI=1S/C15H15N3O2/c1-17-13(7-8-16-17)14-9-11-5-3-4-6-12(11)18(14)10-15(19)20-2/h3-9H,10H2,1-2H3. The fourth-order valence-corrected chi connectivity index (χ4v) is 2.41. The van der Waals surface area contributed by atoms with Gasteiger partial charge in [0.1, 0.15) is 6.54 Å². The summed E-state index contributed by atoms with van der Waals surface area (Å²) in [4.78, 5) is 11.7. The monoisotopic (exact) mass is 269 g/mol. The number of fused-ring (bicyclic) bond motifs is 1. The van der Waals surface area contributed by atoms with Crippen LogP contribution in [-0.4, -0.2) is 27.4 Å². The number of ether oxygens (including phenoxy) is 1. The summed E-state index contributed by atoms with van der Waals surface area (Å²) < 4.78 is 8.54. The maximum Gasteiger partial charge on any atom is 0.325 e. The van der Waals surface area contributed by atoms with Crippen LogP contribution < -0.4 is 0 Å². The van der Waals surface area contributed by atoms with E-state index in [1.54, 1.807) is 10.9 Å². The molecule has 0 spiro atoms. The highest BCUT2D eigenvalue weighted by Gasteiger charge is 2.15. The van der Waals surface area contributed by atoms with E-state index in [0.717, 1.165) is 22.3 Å². The van der Waals surface area contributed by atoms with Gasteiger partial charge in [-0.25, -0.2) is 0 Å². The van der Waals surface area contributed by atoms with Gasteiger partial charge in [-0.15, -0.1) is 0 Å². The smallest absolute Gasteiger partial charge is 0.325 e. The zero-order valence-corrected chi connectivity index (χ0v) is 11.4. The van der Waals surface area contributed by atoms with E-state index in [9.17, 15) is 4.79 Å². The van der Waals surface area contributed by atoms with Crippen molar-refractivity contribution in [1.82, 2.24) is 14.3 Å². The Morgan fingerprint density at radius 3 is 2.75 bits per heavy atom. The second-order valence-corrected chi connectivity index (χ2v) is 4.59. The van der Waals surface area contributed by atoms with E-state index in [-0.39, 0.29) is 12.5 Å². The molecule has 3 rings (SSSR count). The molecule has 2 heterocycles. The SMILES string of the molecule is COC(=O)Cn1c(-c2ccnn2C)cc2ccccc21. The summed E-state index contributed by atoms with van der Waals surface area (Å²) in [5.41, 5.74) is 2.93. The van der Waals surface area contributed by atoms with Gasteiger partial charge in [0.15, 0.2) is 0 Å². The van der Waals surface area contributed by atoms with E-state index < -0.39 is 0 Å². The summed E-state index contributed by atoms with van der Waals surface area (Å²) in [6, 6.07) is 12.0. The molecule has 0 aliphatic carbocycles. The van der Waals surface area contributed by atoms with E-state index in [2.05, 4.69) is 11.2 Å². The van der Waals surface area contributed by atoms with Gasteiger partial charge in [0.2, 0.25) is 0 Å². The van der Waals surface area contributed by atoms with E-state index >= 15 is 0 Å². The number of para-hydroxylation sites is 1. The Kier molecular flexibility index (Phi) is 3.02. The largest absolute Gasteiger partial charge is 0.468 e.